The average Bonchev–Trinajstić information content (AvgIpc) is 3.21. The summed E-state index contributed by atoms with van der Waals surface area (Å²) in [5, 5.41) is 13.8. The zero-order valence-electron chi connectivity index (χ0n) is 16.7. The SMILES string of the molecule is N#CC(=Cc1c[nH]c2ccc(OCc3ccccc3)cc12)C(=O)Nc1cc(Cl)ccc1Cl. The number of nitrogens with zero attached hydrogens (tertiary/aromatic N) is 1. The van der Waals surface area contributed by atoms with Crippen LogP contribution in [0.15, 0.2) is 78.5 Å². The molecule has 0 bridgehead atoms. The lowest BCUT2D eigenvalue weighted by Gasteiger charge is -2.07. The maximum absolute atomic E-state index is 12.7. The van der Waals surface area contributed by atoms with Crippen molar-refractivity contribution >= 4 is 51.8 Å². The van der Waals surface area contributed by atoms with Gasteiger partial charge in [-0.2, -0.15) is 5.26 Å². The summed E-state index contributed by atoms with van der Waals surface area (Å²) >= 11 is 12.1. The predicted molar refractivity (Wildman–Crippen MR) is 128 cm³/mol. The van der Waals surface area contributed by atoms with Gasteiger partial charge in [-0.1, -0.05) is 53.5 Å². The summed E-state index contributed by atoms with van der Waals surface area (Å²) in [5.74, 6) is 0.103. The molecule has 2 N–H and O–H groups in total. The van der Waals surface area contributed by atoms with E-state index in [1.807, 2.05) is 54.6 Å². The van der Waals surface area contributed by atoms with Crippen molar-refractivity contribution in [3.05, 3.63) is 99.7 Å². The van der Waals surface area contributed by atoms with Gasteiger partial charge in [-0.25, -0.2) is 0 Å². The van der Waals surface area contributed by atoms with E-state index in [1.54, 1.807) is 18.3 Å². The quantitative estimate of drug-likeness (QED) is 0.250. The lowest BCUT2D eigenvalue weighted by molar-refractivity contribution is -0.112. The van der Waals surface area contributed by atoms with E-state index < -0.39 is 5.91 Å². The number of amides is 1. The van der Waals surface area contributed by atoms with Crippen LogP contribution in [-0.4, -0.2) is 10.9 Å². The highest BCUT2D eigenvalue weighted by molar-refractivity contribution is 6.36. The van der Waals surface area contributed by atoms with E-state index in [2.05, 4.69) is 10.3 Å². The number of nitrogens with one attached hydrogen (secondary N) is 2. The number of ether oxygens (including phenoxy) is 1. The van der Waals surface area contributed by atoms with Gasteiger partial charge >= 0.3 is 0 Å². The summed E-state index contributed by atoms with van der Waals surface area (Å²) in [6.07, 6.45) is 3.26. The first-order valence-corrected chi connectivity index (χ1v) is 10.4. The molecule has 1 heterocycles. The fourth-order valence-electron chi connectivity index (χ4n) is 3.16. The van der Waals surface area contributed by atoms with E-state index >= 15 is 0 Å². The molecule has 0 atom stereocenters. The maximum atomic E-state index is 12.7. The van der Waals surface area contributed by atoms with Crippen molar-refractivity contribution in [1.82, 2.24) is 4.98 Å². The molecule has 3 aromatic carbocycles. The van der Waals surface area contributed by atoms with Crippen LogP contribution in [0.1, 0.15) is 11.1 Å². The van der Waals surface area contributed by atoms with Gasteiger partial charge in [0.15, 0.2) is 0 Å². The third-order valence-corrected chi connectivity index (χ3v) is 5.34. The van der Waals surface area contributed by atoms with Crippen LogP contribution in [0.3, 0.4) is 0 Å². The number of aromatic amines is 1. The van der Waals surface area contributed by atoms with Gasteiger partial charge in [-0.3, -0.25) is 4.79 Å². The van der Waals surface area contributed by atoms with Gasteiger partial charge in [0.25, 0.3) is 5.91 Å². The van der Waals surface area contributed by atoms with E-state index in [9.17, 15) is 10.1 Å². The zero-order chi connectivity index (χ0) is 22.5. The van der Waals surface area contributed by atoms with Gasteiger partial charge in [0, 0.05) is 27.7 Å². The topological polar surface area (TPSA) is 77.9 Å². The Kier molecular flexibility index (Phi) is 6.46. The zero-order valence-corrected chi connectivity index (χ0v) is 18.2. The van der Waals surface area contributed by atoms with Gasteiger partial charge in [-0.15, -0.1) is 0 Å². The fraction of sp³-hybridized carbons (Fsp3) is 0.0400. The first-order chi connectivity index (χ1) is 15.5. The molecule has 5 nitrogen and oxygen atoms in total. The number of carbonyl (C=O) groups excluding carboxylic acids is 1. The minimum Gasteiger partial charge on any atom is -0.489 e. The first-order valence-electron chi connectivity index (χ1n) is 9.69. The number of anilines is 1. The summed E-state index contributed by atoms with van der Waals surface area (Å²) in [4.78, 5) is 15.8. The molecule has 4 aromatic rings. The minimum atomic E-state index is -0.581. The van der Waals surface area contributed by atoms with Crippen molar-refractivity contribution in [2.75, 3.05) is 5.32 Å². The third-order valence-electron chi connectivity index (χ3n) is 4.78. The van der Waals surface area contributed by atoms with Crippen LogP contribution in [0.2, 0.25) is 10.0 Å². The Bertz CT molecular complexity index is 1350. The number of benzene rings is 3. The summed E-state index contributed by atoms with van der Waals surface area (Å²) < 4.78 is 5.90. The third kappa shape index (κ3) is 4.94. The Hall–Kier alpha value is -3.72. The largest absolute Gasteiger partial charge is 0.489 e. The molecule has 0 saturated heterocycles. The average molecular weight is 462 g/mol. The molecule has 1 aromatic heterocycles. The van der Waals surface area contributed by atoms with E-state index in [0.29, 0.717) is 33.7 Å². The predicted octanol–water partition coefficient (Wildman–Crippen LogP) is 6.60. The Balaban J connectivity index is 1.57. The normalized spacial score (nSPS) is 11.2. The Labute approximate surface area is 194 Å². The molecule has 0 fully saturated rings. The standard InChI is InChI=1S/C25H17Cl2N3O2/c26-19-6-8-22(27)24(11-19)30-25(31)17(13-28)10-18-14-29-23-9-7-20(12-21(18)23)32-15-16-4-2-1-3-5-16/h1-12,14,29H,15H2,(H,30,31). The van der Waals surface area contributed by atoms with E-state index in [0.717, 1.165) is 16.5 Å². The van der Waals surface area contributed by atoms with Crippen LogP contribution in [-0.2, 0) is 11.4 Å². The molecule has 0 aliphatic carbocycles. The number of aromatic nitrogens is 1. The van der Waals surface area contributed by atoms with E-state index in [-0.39, 0.29) is 5.57 Å². The lowest BCUT2D eigenvalue weighted by Crippen LogP contribution is -2.13. The van der Waals surface area contributed by atoms with Crippen LogP contribution in [0, 0.1) is 11.3 Å². The van der Waals surface area contributed by atoms with Gasteiger partial charge in [-0.05, 0) is 48.0 Å². The number of carbonyl (C=O) groups is 1. The number of hydrogen-bond acceptors (Lipinski definition) is 3. The maximum Gasteiger partial charge on any atom is 0.266 e. The molecule has 32 heavy (non-hydrogen) atoms. The van der Waals surface area contributed by atoms with Crippen LogP contribution in [0.4, 0.5) is 5.69 Å². The highest BCUT2D eigenvalue weighted by atomic mass is 35.5. The van der Waals surface area contributed by atoms with Crippen LogP contribution in [0.25, 0.3) is 17.0 Å². The van der Waals surface area contributed by atoms with Crippen molar-refractivity contribution in [3.63, 3.8) is 0 Å². The van der Waals surface area contributed by atoms with Crippen LogP contribution < -0.4 is 10.1 Å². The monoisotopic (exact) mass is 461 g/mol. The number of rotatable bonds is 6. The molecule has 1 amide bonds. The Morgan fingerprint density at radius 2 is 1.91 bits per heavy atom. The molecule has 0 unspecified atom stereocenters. The van der Waals surface area contributed by atoms with Crippen LogP contribution in [0.5, 0.6) is 5.75 Å². The minimum absolute atomic E-state index is 0.0717. The summed E-state index contributed by atoms with van der Waals surface area (Å²) in [6.45, 7) is 0.439. The summed E-state index contributed by atoms with van der Waals surface area (Å²) in [6, 6.07) is 22.2. The van der Waals surface area contributed by atoms with Crippen molar-refractivity contribution in [3.8, 4) is 11.8 Å². The molecule has 4 rings (SSSR count). The molecule has 7 heteroatoms. The van der Waals surface area contributed by atoms with Gasteiger partial charge in [0.1, 0.15) is 24.0 Å². The fourth-order valence-corrected chi connectivity index (χ4v) is 3.50. The Morgan fingerprint density at radius 1 is 1.09 bits per heavy atom. The number of hydrogen-bond donors (Lipinski definition) is 2. The van der Waals surface area contributed by atoms with Crippen molar-refractivity contribution in [2.24, 2.45) is 0 Å². The molecule has 0 aliphatic rings. The molecule has 0 spiro atoms. The molecule has 0 radical (unpaired) electrons. The van der Waals surface area contributed by atoms with Gasteiger partial charge < -0.3 is 15.0 Å². The second-order valence-corrected chi connectivity index (χ2v) is 7.82. The second-order valence-electron chi connectivity index (χ2n) is 6.97. The highest BCUT2D eigenvalue weighted by Gasteiger charge is 2.13. The molecule has 0 aliphatic heterocycles. The first kappa shape index (κ1) is 21.5. The summed E-state index contributed by atoms with van der Waals surface area (Å²) in [5.41, 5.74) is 2.87. The van der Waals surface area contributed by atoms with E-state index in [1.165, 1.54) is 12.1 Å². The molecule has 0 saturated carbocycles. The summed E-state index contributed by atoms with van der Waals surface area (Å²) in [7, 11) is 0. The number of halogens is 2. The number of fused-ring (bicyclic) bond motifs is 1. The second kappa shape index (κ2) is 9.61. The van der Waals surface area contributed by atoms with Crippen molar-refractivity contribution in [1.29, 1.82) is 5.26 Å². The number of H-pyrrole nitrogens is 1. The molecular weight excluding hydrogens is 445 g/mol. The van der Waals surface area contributed by atoms with E-state index in [4.69, 9.17) is 27.9 Å². The van der Waals surface area contributed by atoms with Crippen molar-refractivity contribution < 1.29 is 9.53 Å². The van der Waals surface area contributed by atoms with Gasteiger partial charge in [0.05, 0.1) is 10.7 Å². The van der Waals surface area contributed by atoms with Crippen molar-refractivity contribution in [2.45, 2.75) is 6.61 Å². The Morgan fingerprint density at radius 3 is 2.69 bits per heavy atom. The molecular formula is C25H17Cl2N3O2. The smallest absolute Gasteiger partial charge is 0.266 e. The molecule has 158 valence electrons. The highest BCUT2D eigenvalue weighted by Crippen LogP contribution is 2.28. The van der Waals surface area contributed by atoms with Crippen LogP contribution >= 0.6 is 23.2 Å². The number of nitriles is 1. The van der Waals surface area contributed by atoms with Gasteiger partial charge in [0.2, 0.25) is 0 Å². The lowest BCUT2D eigenvalue weighted by atomic mass is 10.1.